The molecule has 2 rings (SSSR count). The third-order valence-electron chi connectivity index (χ3n) is 3.44. The van der Waals surface area contributed by atoms with Crippen LogP contribution in [0.2, 0.25) is 0 Å². The first-order valence-electron chi connectivity index (χ1n) is 7.28. The van der Waals surface area contributed by atoms with Crippen LogP contribution in [0.25, 0.3) is 0 Å². The highest BCUT2D eigenvalue weighted by atomic mass is 79.9. The first-order valence-corrected chi connectivity index (χ1v) is 9.72. The second-order valence-corrected chi connectivity index (χ2v) is 8.34. The molecule has 9 heteroatoms. The second-order valence-electron chi connectivity index (χ2n) is 5.21. The maximum Gasteiger partial charge on any atom is 0.226 e. The molecule has 0 radical (unpaired) electrons. The van der Waals surface area contributed by atoms with E-state index in [4.69, 9.17) is 0 Å². The van der Waals surface area contributed by atoms with Gasteiger partial charge in [0.2, 0.25) is 5.91 Å². The Morgan fingerprint density at radius 2 is 2.12 bits per heavy atom. The van der Waals surface area contributed by atoms with Gasteiger partial charge in [0.1, 0.15) is 5.75 Å². The van der Waals surface area contributed by atoms with Crippen LogP contribution in [0.15, 0.2) is 33.8 Å². The van der Waals surface area contributed by atoms with Gasteiger partial charge in [-0.3, -0.25) is 9.48 Å². The van der Waals surface area contributed by atoms with Crippen LogP contribution in [-0.4, -0.2) is 35.0 Å². The number of aromatic hydroxyl groups is 1. The van der Waals surface area contributed by atoms with Gasteiger partial charge in [-0.2, -0.15) is 5.10 Å². The van der Waals surface area contributed by atoms with Crippen molar-refractivity contribution in [1.82, 2.24) is 9.78 Å². The molecule has 7 nitrogen and oxygen atoms in total. The van der Waals surface area contributed by atoms with E-state index in [9.17, 15) is 18.3 Å². The highest BCUT2D eigenvalue weighted by Crippen LogP contribution is 2.27. The number of hydrogen-bond acceptors (Lipinski definition) is 5. The van der Waals surface area contributed by atoms with Crippen LogP contribution >= 0.6 is 15.9 Å². The van der Waals surface area contributed by atoms with Crippen molar-refractivity contribution in [2.45, 2.75) is 31.7 Å². The monoisotopic (exact) mass is 415 g/mol. The van der Waals surface area contributed by atoms with Crippen molar-refractivity contribution >= 4 is 37.4 Å². The van der Waals surface area contributed by atoms with Crippen molar-refractivity contribution < 1.29 is 18.3 Å². The summed E-state index contributed by atoms with van der Waals surface area (Å²) in [4.78, 5) is 12.1. The normalized spacial score (nSPS) is 11.5. The molecule has 1 heterocycles. The average molecular weight is 416 g/mol. The summed E-state index contributed by atoms with van der Waals surface area (Å²) in [6, 6.07) is 3.83. The first kappa shape index (κ1) is 18.5. The fourth-order valence-corrected chi connectivity index (χ4v) is 3.23. The van der Waals surface area contributed by atoms with Gasteiger partial charge < -0.3 is 10.4 Å². The molecule has 2 N–H and O–H groups in total. The summed E-state index contributed by atoms with van der Waals surface area (Å²) in [6.45, 7) is 3.75. The molecule has 130 valence electrons. The van der Waals surface area contributed by atoms with Crippen LogP contribution in [-0.2, 0) is 21.2 Å². The number of nitrogens with one attached hydrogen (secondary N) is 1. The van der Waals surface area contributed by atoms with Crippen molar-refractivity contribution in [1.29, 1.82) is 0 Å². The number of aryl methyl sites for hydroxylation is 2. The third kappa shape index (κ3) is 4.35. The maximum atomic E-state index is 12.0. The summed E-state index contributed by atoms with van der Waals surface area (Å²) in [6.07, 6.45) is 1.91. The van der Waals surface area contributed by atoms with Crippen LogP contribution in [0.5, 0.6) is 5.75 Å². The lowest BCUT2D eigenvalue weighted by Crippen LogP contribution is -2.15. The first-order chi connectivity index (χ1) is 11.2. The molecule has 0 saturated heterocycles. The van der Waals surface area contributed by atoms with E-state index in [1.54, 1.807) is 10.9 Å². The molecule has 0 aliphatic rings. The molecular weight excluding hydrogens is 398 g/mol. The van der Waals surface area contributed by atoms with Gasteiger partial charge in [0.05, 0.1) is 26.5 Å². The number of aromatic nitrogens is 2. The Bertz CT molecular complexity index is 842. The SMILES string of the molecule is CCS(=O)(=O)c1ccc(O)c(NC(=O)CCn2cc(Br)c(C)n2)c1. The molecular formula is C15H18BrN3O4S. The predicted molar refractivity (Wildman–Crippen MR) is 93.7 cm³/mol. The lowest BCUT2D eigenvalue weighted by molar-refractivity contribution is -0.116. The summed E-state index contributed by atoms with van der Waals surface area (Å²) in [7, 11) is -3.41. The number of amides is 1. The van der Waals surface area contributed by atoms with Crippen molar-refractivity contribution in [2.75, 3.05) is 11.1 Å². The van der Waals surface area contributed by atoms with Gasteiger partial charge in [0, 0.05) is 19.2 Å². The molecule has 0 spiro atoms. The fourth-order valence-electron chi connectivity index (χ4n) is 2.01. The highest BCUT2D eigenvalue weighted by molar-refractivity contribution is 9.10. The Labute approximate surface area is 148 Å². The summed E-state index contributed by atoms with van der Waals surface area (Å²) >= 11 is 3.35. The van der Waals surface area contributed by atoms with Crippen molar-refractivity contribution in [3.05, 3.63) is 34.6 Å². The smallest absolute Gasteiger partial charge is 0.226 e. The van der Waals surface area contributed by atoms with E-state index in [0.29, 0.717) is 6.54 Å². The van der Waals surface area contributed by atoms with E-state index in [-0.39, 0.29) is 34.4 Å². The summed E-state index contributed by atoms with van der Waals surface area (Å²) in [5.74, 6) is -0.588. The number of phenols is 1. The number of hydrogen-bond donors (Lipinski definition) is 2. The largest absolute Gasteiger partial charge is 0.506 e. The minimum absolute atomic E-state index is 0.0569. The summed E-state index contributed by atoms with van der Waals surface area (Å²) in [5, 5.41) is 16.6. The van der Waals surface area contributed by atoms with Crippen LogP contribution in [0.3, 0.4) is 0 Å². The minimum Gasteiger partial charge on any atom is -0.506 e. The molecule has 1 aromatic carbocycles. The molecule has 24 heavy (non-hydrogen) atoms. The van der Waals surface area contributed by atoms with Gasteiger partial charge in [-0.1, -0.05) is 6.92 Å². The van der Waals surface area contributed by atoms with Crippen LogP contribution in [0, 0.1) is 6.92 Å². The lowest BCUT2D eigenvalue weighted by Gasteiger charge is -2.10. The van der Waals surface area contributed by atoms with Crippen molar-refractivity contribution in [3.63, 3.8) is 0 Å². The van der Waals surface area contributed by atoms with Gasteiger partial charge in [-0.25, -0.2) is 8.42 Å². The number of sulfone groups is 1. The number of anilines is 1. The lowest BCUT2D eigenvalue weighted by atomic mass is 10.3. The van der Waals surface area contributed by atoms with E-state index in [2.05, 4.69) is 26.3 Å². The molecule has 1 amide bonds. The Hall–Kier alpha value is -1.87. The number of carbonyl (C=O) groups excluding carboxylic acids is 1. The number of carbonyl (C=O) groups is 1. The third-order valence-corrected chi connectivity index (χ3v) is 5.95. The Kier molecular flexibility index (Phi) is 5.66. The van der Waals surface area contributed by atoms with Crippen LogP contribution < -0.4 is 5.32 Å². The maximum absolute atomic E-state index is 12.0. The minimum atomic E-state index is -3.41. The van der Waals surface area contributed by atoms with Gasteiger partial charge in [0.15, 0.2) is 9.84 Å². The topological polar surface area (TPSA) is 101 Å². The molecule has 2 aromatic rings. The average Bonchev–Trinajstić information content (AvgIpc) is 2.86. The quantitative estimate of drug-likeness (QED) is 0.705. The Morgan fingerprint density at radius 1 is 1.42 bits per heavy atom. The molecule has 0 unspecified atom stereocenters. The van der Waals surface area contributed by atoms with E-state index in [1.807, 2.05) is 6.92 Å². The zero-order valence-electron chi connectivity index (χ0n) is 13.3. The molecule has 0 atom stereocenters. The van der Waals surface area contributed by atoms with Crippen LogP contribution in [0.1, 0.15) is 19.0 Å². The number of nitrogens with zero attached hydrogens (tertiary/aromatic N) is 2. The molecule has 0 bridgehead atoms. The zero-order chi connectivity index (χ0) is 17.9. The van der Waals surface area contributed by atoms with E-state index in [0.717, 1.165) is 10.2 Å². The standard InChI is InChI=1S/C15H18BrN3O4S/c1-3-24(22,23)11-4-5-14(20)13(8-11)17-15(21)6-7-19-9-12(16)10(2)18-19/h4-5,8-9,20H,3,6-7H2,1-2H3,(H,17,21). The Morgan fingerprint density at radius 3 is 2.71 bits per heavy atom. The number of halogens is 1. The van der Waals surface area contributed by atoms with Crippen molar-refractivity contribution in [3.8, 4) is 5.75 Å². The van der Waals surface area contributed by atoms with Gasteiger partial charge >= 0.3 is 0 Å². The summed E-state index contributed by atoms with van der Waals surface area (Å²) < 4.78 is 26.3. The van der Waals surface area contributed by atoms with E-state index >= 15 is 0 Å². The van der Waals surface area contributed by atoms with E-state index in [1.165, 1.54) is 25.1 Å². The van der Waals surface area contributed by atoms with Gasteiger partial charge in [-0.05, 0) is 41.1 Å². The van der Waals surface area contributed by atoms with Crippen molar-refractivity contribution in [2.24, 2.45) is 0 Å². The number of rotatable bonds is 6. The van der Waals surface area contributed by atoms with E-state index < -0.39 is 9.84 Å². The second kappa shape index (κ2) is 7.35. The molecule has 1 aromatic heterocycles. The van der Waals surface area contributed by atoms with Gasteiger partial charge in [0.25, 0.3) is 0 Å². The fraction of sp³-hybridized carbons (Fsp3) is 0.333. The molecule has 0 aliphatic carbocycles. The number of phenolic OH excluding ortho intramolecular Hbond substituents is 1. The molecule has 0 saturated carbocycles. The zero-order valence-corrected chi connectivity index (χ0v) is 15.7. The number of benzene rings is 1. The summed E-state index contributed by atoms with van der Waals surface area (Å²) in [5.41, 5.74) is 0.901. The van der Waals surface area contributed by atoms with Crippen LogP contribution in [0.4, 0.5) is 5.69 Å². The Balaban J connectivity index is 2.07. The predicted octanol–water partition coefficient (Wildman–Crippen LogP) is 2.48. The molecule has 0 aliphatic heterocycles. The molecule has 0 fully saturated rings. The highest BCUT2D eigenvalue weighted by Gasteiger charge is 2.15. The van der Waals surface area contributed by atoms with Gasteiger partial charge in [-0.15, -0.1) is 0 Å².